The van der Waals surface area contributed by atoms with Crippen LogP contribution in [0.5, 0.6) is 0 Å². The number of aliphatic hydroxyl groups excluding tert-OH is 1. The van der Waals surface area contributed by atoms with Crippen LogP contribution < -0.4 is 0 Å². The van der Waals surface area contributed by atoms with Crippen molar-refractivity contribution in [3.63, 3.8) is 0 Å². The Kier molecular flexibility index (Phi) is 3.84. The largest absolute Gasteiger partial charge is 0.390 e. The summed E-state index contributed by atoms with van der Waals surface area (Å²) in [4.78, 5) is 11.3. The number of rotatable bonds is 3. The molecule has 2 bridgehead atoms. The molecule has 0 spiro atoms. The first-order valence-electron chi connectivity index (χ1n) is 7.58. The standard InChI is InChI=1S/C16H22O5S/c1-15-10-12(8-9-14(15)17)16(2,21-20-15)11-22(18,19)13-6-4-3-5-7-13/h3-7,12,14,17H,8-11H2,1-2H3. The quantitative estimate of drug-likeness (QED) is 0.861. The van der Waals surface area contributed by atoms with Gasteiger partial charge in [0, 0.05) is 0 Å². The van der Waals surface area contributed by atoms with Crippen LogP contribution in [0.2, 0.25) is 0 Å². The summed E-state index contributed by atoms with van der Waals surface area (Å²) in [5.41, 5.74) is -1.63. The summed E-state index contributed by atoms with van der Waals surface area (Å²) in [7, 11) is -3.46. The monoisotopic (exact) mass is 326 g/mol. The third-order valence-corrected chi connectivity index (χ3v) is 6.95. The zero-order valence-corrected chi connectivity index (χ0v) is 13.7. The van der Waals surface area contributed by atoms with E-state index in [9.17, 15) is 13.5 Å². The van der Waals surface area contributed by atoms with Crippen LogP contribution >= 0.6 is 0 Å². The fraction of sp³-hybridized carbons (Fsp3) is 0.625. The van der Waals surface area contributed by atoms with Crippen LogP contribution in [0.4, 0.5) is 0 Å². The average Bonchev–Trinajstić information content (AvgIpc) is 2.48. The van der Waals surface area contributed by atoms with Crippen molar-refractivity contribution in [1.29, 1.82) is 0 Å². The third-order valence-electron chi connectivity index (χ3n) is 5.01. The lowest BCUT2D eigenvalue weighted by atomic mass is 9.70. The Morgan fingerprint density at radius 3 is 2.55 bits per heavy atom. The van der Waals surface area contributed by atoms with Gasteiger partial charge >= 0.3 is 0 Å². The van der Waals surface area contributed by atoms with Crippen LogP contribution in [0.15, 0.2) is 35.2 Å². The molecule has 1 aliphatic heterocycles. The molecule has 1 aromatic rings. The van der Waals surface area contributed by atoms with Gasteiger partial charge in [0.15, 0.2) is 9.84 Å². The molecule has 1 aliphatic carbocycles. The van der Waals surface area contributed by atoms with Gasteiger partial charge in [-0.05, 0) is 51.2 Å². The molecule has 22 heavy (non-hydrogen) atoms. The minimum absolute atomic E-state index is 0.0492. The van der Waals surface area contributed by atoms with Crippen molar-refractivity contribution < 1.29 is 23.3 Å². The summed E-state index contributed by atoms with van der Waals surface area (Å²) >= 11 is 0. The number of aliphatic hydroxyl groups is 1. The van der Waals surface area contributed by atoms with Crippen molar-refractivity contribution in [2.75, 3.05) is 5.75 Å². The van der Waals surface area contributed by atoms with E-state index >= 15 is 0 Å². The predicted molar refractivity (Wildman–Crippen MR) is 80.8 cm³/mol. The zero-order chi connectivity index (χ0) is 16.0. The summed E-state index contributed by atoms with van der Waals surface area (Å²) in [5.74, 6) is -0.0750. The van der Waals surface area contributed by atoms with Gasteiger partial charge in [-0.3, -0.25) is 0 Å². The van der Waals surface area contributed by atoms with Crippen molar-refractivity contribution >= 4 is 9.84 Å². The number of hydrogen-bond donors (Lipinski definition) is 1. The molecule has 1 saturated carbocycles. The molecule has 2 fully saturated rings. The van der Waals surface area contributed by atoms with E-state index in [2.05, 4.69) is 0 Å². The smallest absolute Gasteiger partial charge is 0.181 e. The van der Waals surface area contributed by atoms with Gasteiger partial charge < -0.3 is 5.11 Å². The van der Waals surface area contributed by atoms with E-state index in [1.54, 1.807) is 37.3 Å². The van der Waals surface area contributed by atoms with Gasteiger partial charge in [0.05, 0.1) is 16.8 Å². The molecule has 0 radical (unpaired) electrons. The van der Waals surface area contributed by atoms with Crippen molar-refractivity contribution in [2.24, 2.45) is 5.92 Å². The molecule has 1 N–H and O–H groups in total. The highest BCUT2D eigenvalue weighted by atomic mass is 32.2. The molecule has 4 unspecified atom stereocenters. The van der Waals surface area contributed by atoms with Crippen LogP contribution in [0, 0.1) is 5.92 Å². The van der Waals surface area contributed by atoms with Gasteiger partial charge in [-0.1, -0.05) is 18.2 Å². The van der Waals surface area contributed by atoms with Gasteiger partial charge in [-0.25, -0.2) is 18.2 Å². The summed E-state index contributed by atoms with van der Waals surface area (Å²) in [6, 6.07) is 8.39. The Morgan fingerprint density at radius 1 is 1.18 bits per heavy atom. The van der Waals surface area contributed by atoms with E-state index in [0.29, 0.717) is 17.7 Å². The number of sulfone groups is 1. The summed E-state index contributed by atoms with van der Waals surface area (Å²) in [5, 5.41) is 10.0. The lowest BCUT2D eigenvalue weighted by Gasteiger charge is -2.52. The average molecular weight is 326 g/mol. The molecule has 0 aromatic heterocycles. The maximum Gasteiger partial charge on any atom is 0.181 e. The SMILES string of the molecule is CC12CC(CCC1O)C(C)(CS(=O)(=O)c1ccccc1)OO2. The van der Waals surface area contributed by atoms with Gasteiger partial charge in [-0.2, -0.15) is 0 Å². The maximum atomic E-state index is 12.6. The summed E-state index contributed by atoms with van der Waals surface area (Å²) in [6.45, 7) is 3.60. The van der Waals surface area contributed by atoms with Crippen molar-refractivity contribution in [2.45, 2.75) is 55.3 Å². The fourth-order valence-corrected chi connectivity index (χ4v) is 5.27. The molecule has 1 heterocycles. The molecular weight excluding hydrogens is 304 g/mol. The molecule has 5 nitrogen and oxygen atoms in total. The van der Waals surface area contributed by atoms with Crippen molar-refractivity contribution in [3.8, 4) is 0 Å². The highest BCUT2D eigenvalue weighted by molar-refractivity contribution is 7.91. The van der Waals surface area contributed by atoms with Gasteiger partial charge in [0.2, 0.25) is 0 Å². The first kappa shape index (κ1) is 15.9. The van der Waals surface area contributed by atoms with Crippen LogP contribution in [-0.2, 0) is 19.6 Å². The van der Waals surface area contributed by atoms with E-state index < -0.39 is 27.1 Å². The van der Waals surface area contributed by atoms with Crippen molar-refractivity contribution in [1.82, 2.24) is 0 Å². The molecule has 122 valence electrons. The molecule has 1 saturated heterocycles. The van der Waals surface area contributed by atoms with Gasteiger partial charge in [-0.15, -0.1) is 0 Å². The maximum absolute atomic E-state index is 12.6. The minimum atomic E-state index is -3.46. The summed E-state index contributed by atoms with van der Waals surface area (Å²) < 4.78 is 25.3. The first-order chi connectivity index (χ1) is 10.3. The predicted octanol–water partition coefficient (Wildman–Crippen LogP) is 2.10. The van der Waals surface area contributed by atoms with E-state index in [-0.39, 0.29) is 11.7 Å². The Hall–Kier alpha value is -0.950. The normalized spacial score (nSPS) is 38.7. The molecule has 1 aromatic carbocycles. The number of fused-ring (bicyclic) bond motifs is 2. The van der Waals surface area contributed by atoms with E-state index in [0.717, 1.165) is 6.42 Å². The lowest BCUT2D eigenvalue weighted by Crippen LogP contribution is -2.60. The van der Waals surface area contributed by atoms with Gasteiger partial charge in [0.1, 0.15) is 11.2 Å². The second kappa shape index (κ2) is 5.30. The van der Waals surface area contributed by atoms with Crippen LogP contribution in [0.1, 0.15) is 33.1 Å². The summed E-state index contributed by atoms with van der Waals surface area (Å²) in [6.07, 6.45) is 1.38. The van der Waals surface area contributed by atoms with E-state index in [1.165, 1.54) is 0 Å². The molecule has 4 atom stereocenters. The highest BCUT2D eigenvalue weighted by Gasteiger charge is 2.55. The molecular formula is C16H22O5S. The second-order valence-electron chi connectivity index (χ2n) is 6.86. The van der Waals surface area contributed by atoms with Gasteiger partial charge in [0.25, 0.3) is 0 Å². The minimum Gasteiger partial charge on any atom is -0.390 e. The van der Waals surface area contributed by atoms with Crippen LogP contribution in [0.25, 0.3) is 0 Å². The van der Waals surface area contributed by atoms with Crippen molar-refractivity contribution in [3.05, 3.63) is 30.3 Å². The Labute approximate surface area is 131 Å². The number of benzene rings is 1. The molecule has 3 rings (SSSR count). The van der Waals surface area contributed by atoms with Crippen LogP contribution in [-0.4, -0.2) is 36.6 Å². The molecule has 0 amide bonds. The Bertz CT molecular complexity index is 644. The Balaban J connectivity index is 1.83. The van der Waals surface area contributed by atoms with Crippen LogP contribution in [0.3, 0.4) is 0 Å². The van der Waals surface area contributed by atoms with E-state index in [4.69, 9.17) is 9.78 Å². The zero-order valence-electron chi connectivity index (χ0n) is 12.9. The third kappa shape index (κ3) is 2.69. The topological polar surface area (TPSA) is 72.8 Å². The first-order valence-corrected chi connectivity index (χ1v) is 9.23. The lowest BCUT2D eigenvalue weighted by molar-refractivity contribution is -0.462. The molecule has 2 aliphatic rings. The number of hydrogen-bond acceptors (Lipinski definition) is 5. The highest BCUT2D eigenvalue weighted by Crippen LogP contribution is 2.47. The Morgan fingerprint density at radius 2 is 1.86 bits per heavy atom. The molecule has 6 heteroatoms. The second-order valence-corrected chi connectivity index (χ2v) is 8.85. The van der Waals surface area contributed by atoms with E-state index in [1.807, 2.05) is 6.92 Å². The fourth-order valence-electron chi connectivity index (χ4n) is 3.49.